The highest BCUT2D eigenvalue weighted by molar-refractivity contribution is 6.20. The Hall–Kier alpha value is -3.74. The normalized spacial score (nSPS) is 19.2. The summed E-state index contributed by atoms with van der Waals surface area (Å²) < 4.78 is 0. The number of nitrogens with one attached hydrogen (secondary N) is 1. The molecule has 2 aromatic rings. The third-order valence-corrected chi connectivity index (χ3v) is 7.78. The molecule has 7 nitrogen and oxygen atoms in total. The van der Waals surface area contributed by atoms with Crippen molar-refractivity contribution in [3.63, 3.8) is 0 Å². The van der Waals surface area contributed by atoms with E-state index < -0.39 is 29.8 Å². The molecule has 1 saturated carbocycles. The van der Waals surface area contributed by atoms with Gasteiger partial charge in [0.15, 0.2) is 0 Å². The average Bonchev–Trinajstić information content (AvgIpc) is 3.41. The summed E-state index contributed by atoms with van der Waals surface area (Å²) in [6.07, 6.45) is 5.70. The summed E-state index contributed by atoms with van der Waals surface area (Å²) in [5, 5.41) is 2.94. The van der Waals surface area contributed by atoms with Crippen molar-refractivity contribution in [3.05, 3.63) is 78.4 Å². The van der Waals surface area contributed by atoms with Gasteiger partial charge in [-0.3, -0.25) is 14.4 Å². The fourth-order valence-electron chi connectivity index (χ4n) is 5.85. The largest absolute Gasteiger partial charge is 0.369 e. The van der Waals surface area contributed by atoms with Crippen LogP contribution in [0.25, 0.3) is 0 Å². The van der Waals surface area contributed by atoms with Gasteiger partial charge in [-0.15, -0.1) is 6.58 Å². The second-order valence-corrected chi connectivity index (χ2v) is 11.1. The Labute approximate surface area is 231 Å². The Morgan fingerprint density at radius 1 is 1.08 bits per heavy atom. The van der Waals surface area contributed by atoms with E-state index in [1.54, 1.807) is 6.08 Å². The Morgan fingerprint density at radius 3 is 2.38 bits per heavy atom. The van der Waals surface area contributed by atoms with Crippen LogP contribution in [0.3, 0.4) is 0 Å². The molecule has 1 fully saturated rings. The maximum Gasteiger partial charge on any atom is 0.272 e. The third-order valence-electron chi connectivity index (χ3n) is 7.78. The molecular formula is C32H40N4O3. The number of nitrogens with zero attached hydrogens (tertiary/aromatic N) is 2. The van der Waals surface area contributed by atoms with Crippen molar-refractivity contribution < 1.29 is 14.4 Å². The zero-order chi connectivity index (χ0) is 27.9. The molecule has 1 aliphatic carbocycles. The Bertz CT molecular complexity index is 1220. The number of benzodiazepines with no additional fused rings is 1. The first-order valence-corrected chi connectivity index (χ1v) is 14.0. The summed E-state index contributed by atoms with van der Waals surface area (Å²) in [6.45, 7) is 8.32. The summed E-state index contributed by atoms with van der Waals surface area (Å²) >= 11 is 0. The third kappa shape index (κ3) is 6.64. The molecule has 3 atom stereocenters. The second-order valence-electron chi connectivity index (χ2n) is 11.1. The maximum atomic E-state index is 14.2. The van der Waals surface area contributed by atoms with Gasteiger partial charge in [0, 0.05) is 17.7 Å². The number of nitrogens with two attached hydrogens (primary N) is 1. The standard InChI is InChI=1S/C32H40N4O3/c1-4-12-24(29(33)37)26(19-21(2)3)31(38)35-30-32(39)36(20-22-13-8-9-14-22)27-18-11-10-17-25(27)28(34-30)23-15-6-5-7-16-23/h4-7,10-11,15-18,21-22,24,26,30H,1,8-9,12-14,19-20H2,2-3H3,(H2,33,37)(H,35,38). The number of carbonyl (C=O) groups excluding carboxylic acids is 3. The van der Waals surface area contributed by atoms with Crippen LogP contribution in [0.2, 0.25) is 0 Å². The average molecular weight is 529 g/mol. The summed E-state index contributed by atoms with van der Waals surface area (Å²) in [5.41, 5.74) is 8.89. The lowest BCUT2D eigenvalue weighted by atomic mass is 9.82. The highest BCUT2D eigenvalue weighted by Crippen LogP contribution is 2.33. The number of amides is 3. The lowest BCUT2D eigenvalue weighted by molar-refractivity contribution is -0.135. The van der Waals surface area contributed by atoms with Crippen LogP contribution < -0.4 is 16.0 Å². The maximum absolute atomic E-state index is 14.2. The molecule has 3 unspecified atom stereocenters. The number of anilines is 1. The molecule has 0 radical (unpaired) electrons. The Kier molecular flexibility index (Phi) is 9.33. The molecule has 3 amide bonds. The highest BCUT2D eigenvalue weighted by Gasteiger charge is 2.38. The molecule has 2 aromatic carbocycles. The van der Waals surface area contributed by atoms with Gasteiger partial charge in [0.25, 0.3) is 5.91 Å². The number of hydrogen-bond donors (Lipinski definition) is 2. The second kappa shape index (κ2) is 12.9. The molecule has 39 heavy (non-hydrogen) atoms. The number of hydrogen-bond acceptors (Lipinski definition) is 4. The fraction of sp³-hybridized carbons (Fsp3) is 0.438. The van der Waals surface area contributed by atoms with Crippen LogP contribution in [0, 0.1) is 23.7 Å². The molecule has 0 spiro atoms. The van der Waals surface area contributed by atoms with Crippen molar-refractivity contribution in [3.8, 4) is 0 Å². The van der Waals surface area contributed by atoms with Gasteiger partial charge < -0.3 is 16.0 Å². The predicted molar refractivity (Wildman–Crippen MR) is 155 cm³/mol. The van der Waals surface area contributed by atoms with Crippen LogP contribution >= 0.6 is 0 Å². The molecule has 3 N–H and O–H groups in total. The first-order valence-electron chi connectivity index (χ1n) is 14.0. The summed E-state index contributed by atoms with van der Waals surface area (Å²) in [5.74, 6) is -2.08. The molecule has 1 heterocycles. The quantitative estimate of drug-likeness (QED) is 0.408. The molecule has 0 saturated heterocycles. The Morgan fingerprint density at radius 2 is 1.74 bits per heavy atom. The first-order chi connectivity index (χ1) is 18.8. The minimum atomic E-state index is -1.13. The molecule has 7 heteroatoms. The van der Waals surface area contributed by atoms with E-state index in [2.05, 4.69) is 11.9 Å². The molecule has 2 aliphatic rings. The van der Waals surface area contributed by atoms with Gasteiger partial charge in [-0.05, 0) is 43.6 Å². The SMILES string of the molecule is C=CCC(C(N)=O)C(CC(C)C)C(=O)NC1N=C(c2ccccc2)c2ccccc2N(CC2CCCC2)C1=O. The number of allylic oxidation sites excluding steroid dienone is 1. The van der Waals surface area contributed by atoms with E-state index in [0.717, 1.165) is 42.5 Å². The molecular weight excluding hydrogens is 488 g/mol. The van der Waals surface area contributed by atoms with Gasteiger partial charge in [0.2, 0.25) is 18.0 Å². The summed E-state index contributed by atoms with van der Waals surface area (Å²) in [4.78, 5) is 47.0. The van der Waals surface area contributed by atoms with E-state index >= 15 is 0 Å². The van der Waals surface area contributed by atoms with E-state index in [0.29, 0.717) is 24.6 Å². The van der Waals surface area contributed by atoms with Gasteiger partial charge in [-0.2, -0.15) is 0 Å². The van der Waals surface area contributed by atoms with Gasteiger partial charge in [0.05, 0.1) is 23.2 Å². The molecule has 0 bridgehead atoms. The van der Waals surface area contributed by atoms with Crippen LogP contribution in [-0.4, -0.2) is 36.1 Å². The summed E-state index contributed by atoms with van der Waals surface area (Å²) in [7, 11) is 0. The van der Waals surface area contributed by atoms with E-state index in [9.17, 15) is 14.4 Å². The van der Waals surface area contributed by atoms with Crippen LogP contribution in [0.4, 0.5) is 5.69 Å². The predicted octanol–water partition coefficient (Wildman–Crippen LogP) is 4.84. The van der Waals surface area contributed by atoms with E-state index in [1.165, 1.54) is 0 Å². The minimum Gasteiger partial charge on any atom is -0.369 e. The zero-order valence-corrected chi connectivity index (χ0v) is 23.0. The van der Waals surface area contributed by atoms with Crippen molar-refractivity contribution in [2.75, 3.05) is 11.4 Å². The van der Waals surface area contributed by atoms with Crippen LogP contribution in [0.1, 0.15) is 63.5 Å². The number of aliphatic imine (C=N–C) groups is 1. The number of fused-ring (bicyclic) bond motifs is 1. The van der Waals surface area contributed by atoms with Crippen molar-refractivity contribution in [1.82, 2.24) is 5.32 Å². The van der Waals surface area contributed by atoms with Gasteiger partial charge in [-0.25, -0.2) is 4.99 Å². The topological polar surface area (TPSA) is 105 Å². The molecule has 206 valence electrons. The fourth-order valence-corrected chi connectivity index (χ4v) is 5.85. The highest BCUT2D eigenvalue weighted by atomic mass is 16.2. The number of primary amides is 1. The van der Waals surface area contributed by atoms with Gasteiger partial charge in [-0.1, -0.05) is 81.3 Å². The minimum absolute atomic E-state index is 0.142. The van der Waals surface area contributed by atoms with Gasteiger partial charge in [0.1, 0.15) is 0 Å². The van der Waals surface area contributed by atoms with Crippen LogP contribution in [0.5, 0.6) is 0 Å². The summed E-state index contributed by atoms with van der Waals surface area (Å²) in [6, 6.07) is 17.5. The smallest absolute Gasteiger partial charge is 0.272 e. The number of para-hydroxylation sites is 1. The van der Waals surface area contributed by atoms with E-state index in [4.69, 9.17) is 10.7 Å². The van der Waals surface area contributed by atoms with E-state index in [1.807, 2.05) is 73.3 Å². The van der Waals surface area contributed by atoms with Crippen molar-refractivity contribution >= 4 is 29.1 Å². The Balaban J connectivity index is 1.76. The number of carbonyl (C=O) groups is 3. The zero-order valence-electron chi connectivity index (χ0n) is 23.0. The van der Waals surface area contributed by atoms with Crippen molar-refractivity contribution in [2.24, 2.45) is 34.4 Å². The first kappa shape index (κ1) is 28.3. The molecule has 1 aliphatic heterocycles. The molecule has 0 aromatic heterocycles. The van der Waals surface area contributed by atoms with Crippen molar-refractivity contribution in [2.45, 2.75) is 58.5 Å². The number of benzene rings is 2. The van der Waals surface area contributed by atoms with E-state index in [-0.39, 0.29) is 18.2 Å². The van der Waals surface area contributed by atoms with Crippen LogP contribution in [0.15, 0.2) is 72.2 Å². The molecule has 4 rings (SSSR count). The number of rotatable bonds is 11. The lowest BCUT2D eigenvalue weighted by Crippen LogP contribution is -2.51. The lowest BCUT2D eigenvalue weighted by Gasteiger charge is -2.29. The van der Waals surface area contributed by atoms with Crippen molar-refractivity contribution in [1.29, 1.82) is 0 Å². The van der Waals surface area contributed by atoms with Crippen LogP contribution in [-0.2, 0) is 14.4 Å². The van der Waals surface area contributed by atoms with Gasteiger partial charge >= 0.3 is 0 Å². The monoisotopic (exact) mass is 528 g/mol.